The minimum atomic E-state index is -0.919. The number of benzene rings is 3. The van der Waals surface area contributed by atoms with Crippen molar-refractivity contribution in [3.63, 3.8) is 0 Å². The summed E-state index contributed by atoms with van der Waals surface area (Å²) in [6, 6.07) is 13.3. The summed E-state index contributed by atoms with van der Waals surface area (Å²) in [4.78, 5) is 38.7. The molecule has 1 fully saturated rings. The molecule has 0 unspecified atom stereocenters. The van der Waals surface area contributed by atoms with Crippen molar-refractivity contribution in [3.8, 4) is 5.75 Å². The van der Waals surface area contributed by atoms with Crippen LogP contribution in [0.25, 0.3) is 6.08 Å². The van der Waals surface area contributed by atoms with E-state index in [2.05, 4.69) is 5.32 Å². The van der Waals surface area contributed by atoms with Gasteiger partial charge in [0.15, 0.2) is 5.75 Å². The number of ether oxygens (including phenoxy) is 1. The van der Waals surface area contributed by atoms with Gasteiger partial charge in [0.2, 0.25) is 0 Å². The highest BCUT2D eigenvalue weighted by Crippen LogP contribution is 2.36. The summed E-state index contributed by atoms with van der Waals surface area (Å²) < 4.78 is 5.74. The van der Waals surface area contributed by atoms with Gasteiger partial charge in [-0.1, -0.05) is 70.1 Å². The number of carbonyl (C=O) groups is 3. The van der Waals surface area contributed by atoms with Crippen LogP contribution in [-0.4, -0.2) is 17.8 Å². The predicted molar refractivity (Wildman–Crippen MR) is 138 cm³/mol. The molecule has 0 atom stereocenters. The fourth-order valence-electron chi connectivity index (χ4n) is 3.22. The van der Waals surface area contributed by atoms with Gasteiger partial charge in [-0.15, -0.1) is 0 Å². The van der Waals surface area contributed by atoms with E-state index in [0.717, 1.165) is 10.5 Å². The van der Waals surface area contributed by atoms with Gasteiger partial charge in [0.05, 0.1) is 25.8 Å². The van der Waals surface area contributed by atoms with Crippen molar-refractivity contribution in [2.75, 3.05) is 4.90 Å². The van der Waals surface area contributed by atoms with Crippen LogP contribution < -0.4 is 15.0 Å². The Balaban J connectivity index is 1.61. The molecule has 178 valence electrons. The lowest BCUT2D eigenvalue weighted by molar-refractivity contribution is -0.122. The zero-order valence-corrected chi connectivity index (χ0v) is 21.2. The van der Waals surface area contributed by atoms with Crippen molar-refractivity contribution >= 4 is 87.6 Å². The topological polar surface area (TPSA) is 75.7 Å². The lowest BCUT2D eigenvalue weighted by Crippen LogP contribution is -2.54. The first-order chi connectivity index (χ1) is 16.6. The second-order valence-electron chi connectivity index (χ2n) is 7.29. The quantitative estimate of drug-likeness (QED) is 0.260. The standard InChI is InChI=1S/C24H13Cl5N2O4/c25-14-3-1-12(2-4-14)11-35-21-19(28)8-13(9-20(21)29)7-16-22(32)30-24(34)31(23(16)33)15-5-6-17(26)18(27)10-15/h1-10H,11H2,(H,30,32,34)/b16-7+. The number of urea groups is 1. The van der Waals surface area contributed by atoms with E-state index in [4.69, 9.17) is 62.7 Å². The first-order valence-corrected chi connectivity index (χ1v) is 11.8. The van der Waals surface area contributed by atoms with Crippen LogP contribution in [0.3, 0.4) is 0 Å². The van der Waals surface area contributed by atoms with Gasteiger partial charge in [-0.3, -0.25) is 14.9 Å². The zero-order valence-electron chi connectivity index (χ0n) is 17.5. The van der Waals surface area contributed by atoms with Crippen LogP contribution in [0.5, 0.6) is 5.75 Å². The molecule has 1 aliphatic heterocycles. The smallest absolute Gasteiger partial charge is 0.335 e. The Hall–Kier alpha value is -2.74. The van der Waals surface area contributed by atoms with Crippen molar-refractivity contribution in [2.45, 2.75) is 6.61 Å². The summed E-state index contributed by atoms with van der Waals surface area (Å²) in [6.07, 6.45) is 1.27. The molecule has 0 radical (unpaired) electrons. The normalized spacial score (nSPS) is 14.9. The highest BCUT2D eigenvalue weighted by atomic mass is 35.5. The number of hydrogen-bond donors (Lipinski definition) is 1. The number of nitrogens with zero attached hydrogens (tertiary/aromatic N) is 1. The van der Waals surface area contributed by atoms with Crippen LogP contribution in [-0.2, 0) is 16.2 Å². The number of nitrogens with one attached hydrogen (secondary N) is 1. The van der Waals surface area contributed by atoms with Crippen LogP contribution in [0, 0.1) is 0 Å². The maximum atomic E-state index is 13.1. The van der Waals surface area contributed by atoms with Gasteiger partial charge in [-0.05, 0) is 59.7 Å². The van der Waals surface area contributed by atoms with Gasteiger partial charge in [0.1, 0.15) is 12.2 Å². The molecule has 1 saturated heterocycles. The largest absolute Gasteiger partial charge is 0.486 e. The fraction of sp³-hybridized carbons (Fsp3) is 0.0417. The molecule has 3 aromatic carbocycles. The van der Waals surface area contributed by atoms with Crippen LogP contribution in [0.1, 0.15) is 11.1 Å². The Morgan fingerprint density at radius 3 is 2.09 bits per heavy atom. The lowest BCUT2D eigenvalue weighted by atomic mass is 10.1. The van der Waals surface area contributed by atoms with E-state index < -0.39 is 17.8 Å². The van der Waals surface area contributed by atoms with Gasteiger partial charge >= 0.3 is 6.03 Å². The minimum absolute atomic E-state index is 0.139. The van der Waals surface area contributed by atoms with Gasteiger partial charge in [0, 0.05) is 5.02 Å². The summed E-state index contributed by atoms with van der Waals surface area (Å²) in [6.45, 7) is 0.193. The third-order valence-electron chi connectivity index (χ3n) is 4.89. The van der Waals surface area contributed by atoms with Gasteiger partial charge in [-0.2, -0.15) is 0 Å². The molecule has 0 saturated carbocycles. The first-order valence-electron chi connectivity index (χ1n) is 9.87. The number of imide groups is 2. The van der Waals surface area contributed by atoms with Crippen LogP contribution in [0.4, 0.5) is 10.5 Å². The molecule has 0 aliphatic carbocycles. The molecule has 0 aromatic heterocycles. The van der Waals surface area contributed by atoms with Crippen molar-refractivity contribution < 1.29 is 19.1 Å². The summed E-state index contributed by atoms with van der Waals surface area (Å²) in [5, 5.41) is 3.44. The molecule has 0 spiro atoms. The third-order valence-corrected chi connectivity index (χ3v) is 6.44. The average molecular weight is 571 g/mol. The fourth-order valence-corrected chi connectivity index (χ4v) is 4.25. The van der Waals surface area contributed by atoms with E-state index in [-0.39, 0.29) is 43.7 Å². The van der Waals surface area contributed by atoms with Gasteiger partial charge in [0.25, 0.3) is 11.8 Å². The number of hydrogen-bond acceptors (Lipinski definition) is 4. The molecule has 1 heterocycles. The monoisotopic (exact) mass is 568 g/mol. The molecule has 1 N–H and O–H groups in total. The molecule has 6 nitrogen and oxygen atoms in total. The molecule has 4 rings (SSSR count). The summed E-state index contributed by atoms with van der Waals surface area (Å²) >= 11 is 30.5. The lowest BCUT2D eigenvalue weighted by Gasteiger charge is -2.26. The highest BCUT2D eigenvalue weighted by Gasteiger charge is 2.37. The maximum absolute atomic E-state index is 13.1. The summed E-state index contributed by atoms with van der Waals surface area (Å²) in [5.41, 5.74) is 1.03. The van der Waals surface area contributed by atoms with Gasteiger partial charge in [-0.25, -0.2) is 9.69 Å². The number of carbonyl (C=O) groups excluding carboxylic acids is 3. The number of halogens is 5. The molecular weight excluding hydrogens is 558 g/mol. The second kappa shape index (κ2) is 10.5. The van der Waals surface area contributed by atoms with Crippen molar-refractivity contribution in [3.05, 3.63) is 96.4 Å². The number of anilines is 1. The molecule has 0 bridgehead atoms. The molecule has 11 heteroatoms. The predicted octanol–water partition coefficient (Wildman–Crippen LogP) is 7.20. The van der Waals surface area contributed by atoms with E-state index in [9.17, 15) is 14.4 Å². The maximum Gasteiger partial charge on any atom is 0.335 e. The summed E-state index contributed by atoms with van der Waals surface area (Å²) in [5.74, 6) is -1.49. The highest BCUT2D eigenvalue weighted by molar-refractivity contribution is 6.43. The Kier molecular flexibility index (Phi) is 7.59. The second-order valence-corrected chi connectivity index (χ2v) is 9.35. The van der Waals surface area contributed by atoms with Crippen LogP contribution in [0.2, 0.25) is 25.1 Å². The zero-order chi connectivity index (χ0) is 25.3. The van der Waals surface area contributed by atoms with Crippen molar-refractivity contribution in [1.82, 2.24) is 5.32 Å². The molecule has 35 heavy (non-hydrogen) atoms. The SMILES string of the molecule is O=C1NC(=O)N(c2ccc(Cl)c(Cl)c2)C(=O)/C1=C/c1cc(Cl)c(OCc2ccc(Cl)cc2)c(Cl)c1. The van der Waals surface area contributed by atoms with E-state index in [1.165, 1.54) is 36.4 Å². The Morgan fingerprint density at radius 1 is 0.800 bits per heavy atom. The number of barbiturate groups is 1. The van der Waals surface area contributed by atoms with Gasteiger partial charge < -0.3 is 4.74 Å². The Morgan fingerprint density at radius 2 is 1.46 bits per heavy atom. The van der Waals surface area contributed by atoms with Crippen molar-refractivity contribution in [2.24, 2.45) is 0 Å². The Labute approximate surface area is 224 Å². The van der Waals surface area contributed by atoms with Crippen LogP contribution in [0.15, 0.2) is 60.2 Å². The average Bonchev–Trinajstić information content (AvgIpc) is 2.79. The molecular formula is C24H13Cl5N2O4. The van der Waals surface area contributed by atoms with Crippen molar-refractivity contribution in [1.29, 1.82) is 0 Å². The minimum Gasteiger partial charge on any atom is -0.486 e. The molecule has 4 amide bonds. The van der Waals surface area contributed by atoms with E-state index in [1.807, 2.05) is 0 Å². The Bertz CT molecular complexity index is 1370. The van der Waals surface area contributed by atoms with E-state index in [1.54, 1.807) is 24.3 Å². The molecule has 3 aromatic rings. The first kappa shape index (κ1) is 25.4. The van der Waals surface area contributed by atoms with E-state index >= 15 is 0 Å². The number of amides is 4. The molecule has 1 aliphatic rings. The third kappa shape index (κ3) is 5.58. The van der Waals surface area contributed by atoms with E-state index in [0.29, 0.717) is 10.6 Å². The summed E-state index contributed by atoms with van der Waals surface area (Å²) in [7, 11) is 0. The number of rotatable bonds is 5. The van der Waals surface area contributed by atoms with Crippen LogP contribution >= 0.6 is 58.0 Å².